The van der Waals surface area contributed by atoms with Crippen molar-refractivity contribution in [1.82, 2.24) is 15.0 Å². The number of rotatable bonds is 3. The van der Waals surface area contributed by atoms with Gasteiger partial charge in [-0.2, -0.15) is 0 Å². The number of thiophene rings is 1. The van der Waals surface area contributed by atoms with Crippen LogP contribution in [0.2, 0.25) is 0 Å². The predicted octanol–water partition coefficient (Wildman–Crippen LogP) is 2.44. The molecule has 1 N–H and O–H groups in total. The molecule has 3 heterocycles. The average Bonchev–Trinajstić information content (AvgIpc) is 3.00. The molecule has 0 unspecified atom stereocenters. The fourth-order valence-electron chi connectivity index (χ4n) is 1.74. The fourth-order valence-corrected chi connectivity index (χ4v) is 2.41. The molecule has 0 saturated carbocycles. The van der Waals surface area contributed by atoms with E-state index in [-0.39, 0.29) is 5.78 Å². The van der Waals surface area contributed by atoms with Crippen molar-refractivity contribution in [2.45, 2.75) is 6.42 Å². The molecular weight excluding hydrogens is 234 g/mol. The van der Waals surface area contributed by atoms with E-state index in [1.807, 2.05) is 23.6 Å². The van der Waals surface area contributed by atoms with Gasteiger partial charge in [-0.25, -0.2) is 9.97 Å². The molecule has 0 radical (unpaired) electrons. The highest BCUT2D eigenvalue weighted by atomic mass is 32.1. The number of carbonyl (C=O) groups is 1. The van der Waals surface area contributed by atoms with E-state index in [1.54, 1.807) is 12.5 Å². The number of hydrogen-bond acceptors (Lipinski definition) is 4. The lowest BCUT2D eigenvalue weighted by Gasteiger charge is -1.99. The molecule has 84 valence electrons. The average molecular weight is 243 g/mol. The van der Waals surface area contributed by atoms with Crippen LogP contribution >= 0.6 is 11.3 Å². The molecule has 0 fully saturated rings. The van der Waals surface area contributed by atoms with Gasteiger partial charge in [0.05, 0.1) is 11.2 Å². The SMILES string of the molecule is O=C(Cc1ccnc2[nH]cnc12)c1cccs1. The highest BCUT2D eigenvalue weighted by Gasteiger charge is 2.11. The number of nitrogens with zero attached hydrogens (tertiary/aromatic N) is 2. The lowest BCUT2D eigenvalue weighted by Crippen LogP contribution is -2.02. The standard InChI is InChI=1S/C12H9N3OS/c16-9(10-2-1-5-17-10)6-8-3-4-13-12-11(8)14-7-15-12/h1-5,7H,6H2,(H,13,14,15). The van der Waals surface area contributed by atoms with Crippen LogP contribution in [0, 0.1) is 0 Å². The third kappa shape index (κ3) is 1.85. The zero-order valence-electron chi connectivity index (χ0n) is 8.88. The summed E-state index contributed by atoms with van der Waals surface area (Å²) in [6.45, 7) is 0. The van der Waals surface area contributed by atoms with Crippen molar-refractivity contribution < 1.29 is 4.79 Å². The number of Topliss-reactive ketones (excluding diaryl/α,β-unsaturated/α-hetero) is 1. The Hall–Kier alpha value is -2.01. The number of aromatic amines is 1. The fraction of sp³-hybridized carbons (Fsp3) is 0.0833. The quantitative estimate of drug-likeness (QED) is 0.719. The van der Waals surface area contributed by atoms with Crippen LogP contribution in [-0.4, -0.2) is 20.7 Å². The second-order valence-corrected chi connectivity index (χ2v) is 4.59. The molecule has 0 saturated heterocycles. The second-order valence-electron chi connectivity index (χ2n) is 3.65. The maximum absolute atomic E-state index is 12.0. The topological polar surface area (TPSA) is 58.6 Å². The van der Waals surface area contributed by atoms with Crippen LogP contribution in [0.1, 0.15) is 15.2 Å². The van der Waals surface area contributed by atoms with Gasteiger partial charge in [0.15, 0.2) is 11.4 Å². The molecule has 0 aliphatic heterocycles. The summed E-state index contributed by atoms with van der Waals surface area (Å²) < 4.78 is 0. The first kappa shape index (κ1) is 10.2. The summed E-state index contributed by atoms with van der Waals surface area (Å²) in [5.41, 5.74) is 2.41. The minimum absolute atomic E-state index is 0.121. The molecule has 0 spiro atoms. The van der Waals surface area contributed by atoms with Crippen molar-refractivity contribution in [3.8, 4) is 0 Å². The third-order valence-corrected chi connectivity index (χ3v) is 3.46. The number of aromatic nitrogens is 3. The smallest absolute Gasteiger partial charge is 0.177 e. The van der Waals surface area contributed by atoms with E-state index in [9.17, 15) is 4.79 Å². The highest BCUT2D eigenvalue weighted by molar-refractivity contribution is 7.12. The number of hydrogen-bond donors (Lipinski definition) is 1. The van der Waals surface area contributed by atoms with Crippen molar-refractivity contribution in [3.63, 3.8) is 0 Å². The third-order valence-electron chi connectivity index (χ3n) is 2.55. The van der Waals surface area contributed by atoms with Crippen LogP contribution in [0.25, 0.3) is 11.2 Å². The minimum atomic E-state index is 0.121. The Bertz CT molecular complexity index is 657. The Labute approximate surface area is 101 Å². The number of ketones is 1. The van der Waals surface area contributed by atoms with Crippen molar-refractivity contribution in [1.29, 1.82) is 0 Å². The van der Waals surface area contributed by atoms with E-state index in [2.05, 4.69) is 15.0 Å². The van der Waals surface area contributed by atoms with E-state index in [4.69, 9.17) is 0 Å². The molecule has 5 heteroatoms. The van der Waals surface area contributed by atoms with Gasteiger partial charge < -0.3 is 4.98 Å². The van der Waals surface area contributed by atoms with Crippen LogP contribution in [0.5, 0.6) is 0 Å². The molecule has 0 aromatic carbocycles. The molecule has 0 bridgehead atoms. The number of carbonyl (C=O) groups excluding carboxylic acids is 1. The summed E-state index contributed by atoms with van der Waals surface area (Å²) in [5, 5.41) is 1.91. The van der Waals surface area contributed by atoms with E-state index in [0.29, 0.717) is 6.42 Å². The normalized spacial score (nSPS) is 10.8. The number of fused-ring (bicyclic) bond motifs is 1. The minimum Gasteiger partial charge on any atom is -0.329 e. The first-order valence-electron chi connectivity index (χ1n) is 5.18. The highest BCUT2D eigenvalue weighted by Crippen LogP contribution is 2.17. The van der Waals surface area contributed by atoms with Gasteiger partial charge in [-0.15, -0.1) is 11.3 Å². The summed E-state index contributed by atoms with van der Waals surface area (Å²) >= 11 is 1.46. The zero-order chi connectivity index (χ0) is 11.7. The van der Waals surface area contributed by atoms with E-state index in [0.717, 1.165) is 21.6 Å². The predicted molar refractivity (Wildman–Crippen MR) is 66.2 cm³/mol. The largest absolute Gasteiger partial charge is 0.329 e. The van der Waals surface area contributed by atoms with Gasteiger partial charge in [-0.1, -0.05) is 6.07 Å². The van der Waals surface area contributed by atoms with Crippen molar-refractivity contribution >= 4 is 28.3 Å². The van der Waals surface area contributed by atoms with Gasteiger partial charge >= 0.3 is 0 Å². The van der Waals surface area contributed by atoms with Crippen LogP contribution in [0.3, 0.4) is 0 Å². The summed E-state index contributed by atoms with van der Waals surface area (Å²) in [4.78, 5) is 24.0. The summed E-state index contributed by atoms with van der Waals surface area (Å²) in [6, 6.07) is 5.57. The number of pyridine rings is 1. The molecule has 0 aliphatic carbocycles. The van der Waals surface area contributed by atoms with Crippen molar-refractivity contribution in [2.24, 2.45) is 0 Å². The maximum atomic E-state index is 12.0. The van der Waals surface area contributed by atoms with Gasteiger partial charge in [0, 0.05) is 12.6 Å². The number of imidazole rings is 1. The first-order valence-corrected chi connectivity index (χ1v) is 6.06. The molecule has 0 atom stereocenters. The van der Waals surface area contributed by atoms with E-state index >= 15 is 0 Å². The van der Waals surface area contributed by atoms with Gasteiger partial charge in [-0.05, 0) is 23.1 Å². The Morgan fingerprint density at radius 1 is 1.35 bits per heavy atom. The number of nitrogens with one attached hydrogen (secondary N) is 1. The van der Waals surface area contributed by atoms with Crippen LogP contribution in [0.4, 0.5) is 0 Å². The van der Waals surface area contributed by atoms with Crippen LogP contribution in [0.15, 0.2) is 36.1 Å². The second kappa shape index (κ2) is 4.10. The Morgan fingerprint density at radius 2 is 2.29 bits per heavy atom. The molecule has 4 nitrogen and oxygen atoms in total. The molecule has 3 aromatic rings. The van der Waals surface area contributed by atoms with E-state index in [1.165, 1.54) is 11.3 Å². The van der Waals surface area contributed by atoms with Crippen molar-refractivity contribution in [2.75, 3.05) is 0 Å². The lowest BCUT2D eigenvalue weighted by atomic mass is 10.1. The lowest BCUT2D eigenvalue weighted by molar-refractivity contribution is 0.0997. The van der Waals surface area contributed by atoms with Gasteiger partial charge in [0.2, 0.25) is 0 Å². The zero-order valence-corrected chi connectivity index (χ0v) is 9.70. The van der Waals surface area contributed by atoms with Crippen molar-refractivity contribution in [3.05, 3.63) is 46.5 Å². The summed E-state index contributed by atoms with van der Waals surface area (Å²) in [7, 11) is 0. The Balaban J connectivity index is 1.95. The molecule has 3 aromatic heterocycles. The molecular formula is C12H9N3OS. The van der Waals surface area contributed by atoms with Crippen LogP contribution < -0.4 is 0 Å². The molecule has 17 heavy (non-hydrogen) atoms. The summed E-state index contributed by atoms with van der Waals surface area (Å²) in [6.07, 6.45) is 3.65. The number of H-pyrrole nitrogens is 1. The molecule has 0 aliphatic rings. The molecule has 3 rings (SSSR count). The summed E-state index contributed by atoms with van der Waals surface area (Å²) in [5.74, 6) is 0.121. The Kier molecular flexibility index (Phi) is 2.45. The van der Waals surface area contributed by atoms with E-state index < -0.39 is 0 Å². The van der Waals surface area contributed by atoms with Gasteiger partial charge in [-0.3, -0.25) is 4.79 Å². The van der Waals surface area contributed by atoms with Crippen LogP contribution in [-0.2, 0) is 6.42 Å². The van der Waals surface area contributed by atoms with Gasteiger partial charge in [0.1, 0.15) is 5.52 Å². The van der Waals surface area contributed by atoms with Gasteiger partial charge in [0.25, 0.3) is 0 Å². The first-order chi connectivity index (χ1) is 8.34. The Morgan fingerprint density at radius 3 is 3.12 bits per heavy atom. The maximum Gasteiger partial charge on any atom is 0.177 e. The monoisotopic (exact) mass is 243 g/mol. The molecule has 0 amide bonds.